The molecule has 1 fully saturated rings. The Balaban J connectivity index is 1.05. The lowest BCUT2D eigenvalue weighted by Crippen LogP contribution is -2.47. The van der Waals surface area contributed by atoms with Gasteiger partial charge in [0.25, 0.3) is 11.8 Å². The summed E-state index contributed by atoms with van der Waals surface area (Å²) in [4.78, 5) is 57.3. The maximum absolute atomic E-state index is 14.1. The van der Waals surface area contributed by atoms with Gasteiger partial charge in [-0.15, -0.1) is 0 Å². The van der Waals surface area contributed by atoms with Gasteiger partial charge in [-0.05, 0) is 118 Å². The number of aryl methyl sites for hydroxylation is 1. The number of para-hydroxylation sites is 1. The van der Waals surface area contributed by atoms with Crippen LogP contribution in [0.25, 0.3) is 10.2 Å². The number of amides is 2. The Bertz CT molecular complexity index is 2460. The van der Waals surface area contributed by atoms with Gasteiger partial charge in [0.15, 0.2) is 10.5 Å². The number of aromatic nitrogens is 2. The summed E-state index contributed by atoms with van der Waals surface area (Å²) in [6, 6.07) is 26.2. The number of hydrogen-bond acceptors (Lipinski definition) is 10. The Kier molecular flexibility index (Phi) is 14.1. The van der Waals surface area contributed by atoms with Gasteiger partial charge in [0.1, 0.15) is 23.9 Å². The van der Waals surface area contributed by atoms with E-state index in [2.05, 4.69) is 42.6 Å². The van der Waals surface area contributed by atoms with E-state index in [1.807, 2.05) is 103 Å². The number of esters is 1. The van der Waals surface area contributed by atoms with E-state index < -0.39 is 19.6 Å². The second kappa shape index (κ2) is 19.5. The summed E-state index contributed by atoms with van der Waals surface area (Å²) in [5.41, 5.74) is 4.54. The minimum absolute atomic E-state index is 0.0406. The van der Waals surface area contributed by atoms with E-state index in [1.54, 1.807) is 0 Å². The molecule has 0 spiro atoms. The molecular formula is C48H60N6O6SSi. The second-order valence-corrected chi connectivity index (χ2v) is 25.0. The van der Waals surface area contributed by atoms with Crippen LogP contribution in [0.4, 0.5) is 5.82 Å². The third-order valence-electron chi connectivity index (χ3n) is 11.1. The number of rotatable bonds is 14. The predicted octanol–water partition coefficient (Wildman–Crippen LogP) is 8.07. The van der Waals surface area contributed by atoms with Crippen molar-refractivity contribution < 1.29 is 28.6 Å². The number of likely N-dealkylation sites (N-methyl/N-ethyl adjacent to an activating group) is 1. The van der Waals surface area contributed by atoms with Crippen LogP contribution in [0.5, 0.6) is 5.75 Å². The lowest BCUT2D eigenvalue weighted by Gasteiger charge is -2.32. The van der Waals surface area contributed by atoms with Crippen LogP contribution in [-0.2, 0) is 35.6 Å². The maximum Gasteiger partial charge on any atom is 0.357 e. The van der Waals surface area contributed by atoms with Crippen molar-refractivity contribution in [1.29, 1.82) is 0 Å². The first-order valence-corrected chi connectivity index (χ1v) is 26.2. The summed E-state index contributed by atoms with van der Waals surface area (Å²) < 4.78 is 21.1. The van der Waals surface area contributed by atoms with Gasteiger partial charge in [0.05, 0.1) is 16.8 Å². The van der Waals surface area contributed by atoms with Crippen LogP contribution < -0.4 is 14.4 Å². The van der Waals surface area contributed by atoms with Crippen molar-refractivity contribution in [3.8, 4) is 5.75 Å². The van der Waals surface area contributed by atoms with E-state index >= 15 is 0 Å². The summed E-state index contributed by atoms with van der Waals surface area (Å²) in [7, 11) is 0.806. The molecular weight excluding hydrogens is 817 g/mol. The van der Waals surface area contributed by atoms with Crippen molar-refractivity contribution in [2.45, 2.75) is 84.6 Å². The van der Waals surface area contributed by atoms with Crippen molar-refractivity contribution >= 4 is 53.2 Å². The first-order chi connectivity index (χ1) is 29.6. The molecule has 7 rings (SSSR count). The highest BCUT2D eigenvalue weighted by atomic mass is 32.1. The summed E-state index contributed by atoms with van der Waals surface area (Å²) in [5, 5.41) is 0. The average molecular weight is 877 g/mol. The molecule has 0 aliphatic carbocycles. The van der Waals surface area contributed by atoms with Crippen LogP contribution in [0.15, 0.2) is 83.9 Å². The molecule has 1 saturated heterocycles. The molecule has 2 aromatic heterocycles. The van der Waals surface area contributed by atoms with E-state index in [1.165, 1.54) is 11.3 Å². The van der Waals surface area contributed by atoms with Crippen LogP contribution in [0.3, 0.4) is 0 Å². The molecule has 12 nitrogen and oxygen atoms in total. The Morgan fingerprint density at radius 2 is 1.63 bits per heavy atom. The zero-order valence-electron chi connectivity index (χ0n) is 37.2. The number of pyridine rings is 1. The van der Waals surface area contributed by atoms with Crippen molar-refractivity contribution in [2.24, 2.45) is 4.99 Å². The van der Waals surface area contributed by atoms with E-state index in [-0.39, 0.29) is 17.5 Å². The molecule has 2 aliphatic rings. The third kappa shape index (κ3) is 11.5. The predicted molar refractivity (Wildman–Crippen MR) is 248 cm³/mol. The van der Waals surface area contributed by atoms with E-state index in [0.717, 1.165) is 59.1 Å². The quantitative estimate of drug-likeness (QED) is 0.0620. The number of fused-ring (bicyclic) bond motifs is 2. The number of benzene rings is 3. The summed E-state index contributed by atoms with van der Waals surface area (Å²) in [5.74, 6) is 0.574. The first-order valence-electron chi connectivity index (χ1n) is 21.7. The van der Waals surface area contributed by atoms with Crippen LogP contribution in [0, 0.1) is 0 Å². The largest absolute Gasteiger partial charge is 0.494 e. The van der Waals surface area contributed by atoms with Gasteiger partial charge in [-0.3, -0.25) is 14.2 Å². The normalized spacial score (nSPS) is 15.2. The van der Waals surface area contributed by atoms with Crippen molar-refractivity contribution in [3.63, 3.8) is 0 Å². The second-order valence-electron chi connectivity index (χ2n) is 18.4. The van der Waals surface area contributed by atoms with Gasteiger partial charge in [0.2, 0.25) is 0 Å². The number of ether oxygens (including phenoxy) is 3. The van der Waals surface area contributed by atoms with Crippen LogP contribution >= 0.6 is 11.3 Å². The van der Waals surface area contributed by atoms with Gasteiger partial charge < -0.3 is 28.9 Å². The Hall–Kier alpha value is -5.15. The zero-order chi connectivity index (χ0) is 44.0. The molecule has 2 aliphatic heterocycles. The van der Waals surface area contributed by atoms with Crippen LogP contribution in [0.2, 0.25) is 25.7 Å². The van der Waals surface area contributed by atoms with Gasteiger partial charge in [0, 0.05) is 65.1 Å². The molecule has 0 saturated carbocycles. The molecule has 14 heteroatoms. The fraction of sp³-hybridized carbons (Fsp3) is 0.438. The lowest BCUT2D eigenvalue weighted by molar-refractivity contribution is 0.00611. The van der Waals surface area contributed by atoms with E-state index in [0.29, 0.717) is 79.8 Å². The zero-order valence-corrected chi connectivity index (χ0v) is 39.1. The number of thiazole rings is 1. The Morgan fingerprint density at radius 1 is 0.871 bits per heavy atom. The number of piperazine rings is 1. The molecule has 2 amide bonds. The molecule has 62 heavy (non-hydrogen) atoms. The summed E-state index contributed by atoms with van der Waals surface area (Å²) in [6.45, 7) is 18.2. The minimum Gasteiger partial charge on any atom is -0.494 e. The van der Waals surface area contributed by atoms with Crippen LogP contribution in [0.1, 0.15) is 75.1 Å². The van der Waals surface area contributed by atoms with E-state index in [9.17, 15) is 14.4 Å². The van der Waals surface area contributed by atoms with Crippen molar-refractivity contribution in [2.75, 3.05) is 57.9 Å². The number of carbonyl (C=O) groups excluding carboxylic acids is 3. The van der Waals surface area contributed by atoms with Gasteiger partial charge in [-0.25, -0.2) is 9.78 Å². The molecule has 0 atom stereocenters. The minimum atomic E-state index is -1.26. The standard InChI is InChI=1S/C48H60N6O6SSi/c1-48(2,3)60-46(57)43-35(13-11-29-59-37-20-17-36(18-21-37)45(56)52-27-25-51(4)26-28-52)19-22-42(49-43)53-24-23-34-12-10-14-38(39(34)32-53)44(55)50-47-54(33-58-30-31-62(5,6)7)40-15-8-9-16-41(40)61-47/h8-10,12,14-22H,11,13,23-33H2,1-7H3/b50-47-. The smallest absolute Gasteiger partial charge is 0.357 e. The number of anilines is 1. The monoisotopic (exact) mass is 876 g/mol. The SMILES string of the molecule is CN1CCN(C(=O)c2ccc(OCCCc3ccc(N4CCc5cccc(C(=O)/N=c6\sc7ccccc7n6COCC[Si](C)(C)C)c5C4)nc3C(=O)OC(C)(C)C)cc2)CC1. The number of hydrogen-bond donors (Lipinski definition) is 0. The Morgan fingerprint density at radius 3 is 2.37 bits per heavy atom. The number of nitrogens with zero attached hydrogens (tertiary/aromatic N) is 6. The molecule has 5 aromatic rings. The van der Waals surface area contributed by atoms with Gasteiger partial charge in [-0.2, -0.15) is 4.99 Å². The molecule has 0 bridgehead atoms. The van der Waals surface area contributed by atoms with Crippen molar-refractivity contribution in [3.05, 3.63) is 117 Å². The third-order valence-corrected chi connectivity index (χ3v) is 13.9. The lowest BCUT2D eigenvalue weighted by atomic mass is 9.94. The van der Waals surface area contributed by atoms with Gasteiger partial charge >= 0.3 is 5.97 Å². The molecule has 0 radical (unpaired) electrons. The molecule has 328 valence electrons. The highest BCUT2D eigenvalue weighted by Gasteiger charge is 2.27. The number of carbonyl (C=O) groups is 3. The maximum atomic E-state index is 14.1. The van der Waals surface area contributed by atoms with E-state index in [4.69, 9.17) is 24.2 Å². The average Bonchev–Trinajstić information content (AvgIpc) is 3.59. The van der Waals surface area contributed by atoms with Gasteiger partial charge in [-0.1, -0.05) is 61.3 Å². The summed E-state index contributed by atoms with van der Waals surface area (Å²) in [6.07, 6.45) is 1.89. The fourth-order valence-corrected chi connectivity index (χ4v) is 9.36. The molecule has 3 aromatic carbocycles. The Labute approximate surface area is 370 Å². The highest BCUT2D eigenvalue weighted by molar-refractivity contribution is 7.16. The van der Waals surface area contributed by atoms with Crippen molar-refractivity contribution in [1.82, 2.24) is 19.4 Å². The van der Waals surface area contributed by atoms with Crippen LogP contribution in [-0.4, -0.2) is 104 Å². The summed E-state index contributed by atoms with van der Waals surface area (Å²) >= 11 is 1.48. The first kappa shape index (κ1) is 44.9. The molecule has 0 unspecified atom stereocenters. The topological polar surface area (TPSA) is 119 Å². The molecule has 0 N–H and O–H groups in total. The fourth-order valence-electron chi connectivity index (χ4n) is 7.59. The highest BCUT2D eigenvalue weighted by Crippen LogP contribution is 2.29. The molecule has 4 heterocycles.